The molecule has 0 spiro atoms. The molecule has 0 aliphatic rings. The highest BCUT2D eigenvalue weighted by atomic mass is 16.4. The number of carboxylic acid groups (broad SMARTS) is 1. The molecule has 1 N–H and O–H groups in total. The first-order valence-electron chi connectivity index (χ1n) is 4.40. The number of hydrogen-bond donors (Lipinski definition) is 1. The molecule has 0 heterocycles. The lowest BCUT2D eigenvalue weighted by Crippen LogP contribution is -2.07. The number of carboxylic acids is 1. The summed E-state index contributed by atoms with van der Waals surface area (Å²) in [6, 6.07) is 4.79. The first-order chi connectivity index (χ1) is 7.15. The number of aromatic carboxylic acids is 1. The monoisotopic (exact) mass is 203 g/mol. The van der Waals surface area contributed by atoms with Gasteiger partial charge in [-0.1, -0.05) is 19.1 Å². The zero-order valence-corrected chi connectivity index (χ0v) is 8.15. The van der Waals surface area contributed by atoms with Crippen molar-refractivity contribution < 1.29 is 14.7 Å². The molecule has 1 rings (SSSR count). The molecule has 0 aliphatic carbocycles. The number of carbonyl (C=O) groups is 2. The Labute approximate surface area is 86.8 Å². The Bertz CT molecular complexity index is 458. The minimum absolute atomic E-state index is 0.0585. The molecular formula is C11H9NO3. The highest BCUT2D eigenvalue weighted by Gasteiger charge is 2.17. The lowest BCUT2D eigenvalue weighted by Gasteiger charge is -2.06. The van der Waals surface area contributed by atoms with E-state index in [1.165, 1.54) is 6.07 Å². The van der Waals surface area contributed by atoms with Crippen molar-refractivity contribution in [3.05, 3.63) is 34.4 Å². The SMILES string of the molecule is CCc1ccc(C=O)c(C#N)c1C(=O)O. The third kappa shape index (κ3) is 1.86. The van der Waals surface area contributed by atoms with Crippen molar-refractivity contribution in [2.45, 2.75) is 13.3 Å². The molecule has 1 aromatic rings. The minimum Gasteiger partial charge on any atom is -0.478 e. The number of hydrogen-bond acceptors (Lipinski definition) is 3. The van der Waals surface area contributed by atoms with Gasteiger partial charge in [0.2, 0.25) is 0 Å². The summed E-state index contributed by atoms with van der Waals surface area (Å²) in [6.07, 6.45) is 1.000. The second-order valence-electron chi connectivity index (χ2n) is 2.95. The molecule has 0 atom stereocenters. The van der Waals surface area contributed by atoms with Crippen LogP contribution in [-0.2, 0) is 6.42 Å². The van der Waals surface area contributed by atoms with Crippen LogP contribution in [0.3, 0.4) is 0 Å². The Morgan fingerprint density at radius 3 is 2.67 bits per heavy atom. The fourth-order valence-corrected chi connectivity index (χ4v) is 1.42. The number of aldehydes is 1. The van der Waals surface area contributed by atoms with Crippen LogP contribution < -0.4 is 0 Å². The number of nitriles is 1. The van der Waals surface area contributed by atoms with Gasteiger partial charge in [-0.2, -0.15) is 5.26 Å². The molecule has 1 aromatic carbocycles. The van der Waals surface area contributed by atoms with Crippen LogP contribution in [0.1, 0.15) is 38.8 Å². The van der Waals surface area contributed by atoms with Gasteiger partial charge in [-0.05, 0) is 12.0 Å². The molecular weight excluding hydrogens is 194 g/mol. The molecule has 4 heteroatoms. The molecule has 0 unspecified atom stereocenters. The maximum absolute atomic E-state index is 11.0. The summed E-state index contributed by atoms with van der Waals surface area (Å²) < 4.78 is 0. The maximum atomic E-state index is 11.0. The van der Waals surface area contributed by atoms with E-state index in [1.54, 1.807) is 19.1 Å². The summed E-state index contributed by atoms with van der Waals surface area (Å²) in [5, 5.41) is 17.8. The highest BCUT2D eigenvalue weighted by molar-refractivity contribution is 5.96. The molecule has 0 bridgehead atoms. The van der Waals surface area contributed by atoms with Crippen molar-refractivity contribution >= 4 is 12.3 Å². The highest BCUT2D eigenvalue weighted by Crippen LogP contribution is 2.18. The lowest BCUT2D eigenvalue weighted by atomic mass is 9.96. The summed E-state index contributed by atoms with van der Waals surface area (Å²) in [6.45, 7) is 1.80. The van der Waals surface area contributed by atoms with E-state index in [1.807, 2.05) is 0 Å². The van der Waals surface area contributed by atoms with E-state index in [2.05, 4.69) is 0 Å². The molecule has 4 nitrogen and oxygen atoms in total. The number of benzene rings is 1. The minimum atomic E-state index is -1.17. The molecule has 0 aromatic heterocycles. The molecule has 0 amide bonds. The average molecular weight is 203 g/mol. The Kier molecular flexibility index (Phi) is 3.19. The van der Waals surface area contributed by atoms with Gasteiger partial charge in [0.1, 0.15) is 6.07 Å². The van der Waals surface area contributed by atoms with Gasteiger partial charge in [0.05, 0.1) is 11.1 Å². The molecule has 0 saturated heterocycles. The van der Waals surface area contributed by atoms with Crippen LogP contribution in [0.15, 0.2) is 12.1 Å². The van der Waals surface area contributed by atoms with Gasteiger partial charge in [-0.25, -0.2) is 4.79 Å². The van der Waals surface area contributed by atoms with Gasteiger partial charge < -0.3 is 5.11 Å². The molecule has 0 radical (unpaired) electrons. The third-order valence-corrected chi connectivity index (χ3v) is 2.16. The van der Waals surface area contributed by atoms with Gasteiger partial charge in [0, 0.05) is 5.56 Å². The molecule has 0 saturated carbocycles. The number of rotatable bonds is 3. The van der Waals surface area contributed by atoms with Gasteiger partial charge >= 0.3 is 5.97 Å². The van der Waals surface area contributed by atoms with E-state index in [0.717, 1.165) is 0 Å². The first-order valence-corrected chi connectivity index (χ1v) is 4.40. The first kappa shape index (κ1) is 10.9. The quantitative estimate of drug-likeness (QED) is 0.757. The van der Waals surface area contributed by atoms with Crippen LogP contribution in [0.5, 0.6) is 0 Å². The summed E-state index contributed by atoms with van der Waals surface area (Å²) >= 11 is 0. The standard InChI is InChI=1S/C11H9NO3/c1-2-7-3-4-8(6-13)9(5-12)10(7)11(14)15/h3-4,6H,2H2,1H3,(H,14,15). The van der Waals surface area contributed by atoms with Crippen LogP contribution in [0, 0.1) is 11.3 Å². The predicted octanol–water partition coefficient (Wildman–Crippen LogP) is 1.63. The Balaban J connectivity index is 3.60. The van der Waals surface area contributed by atoms with E-state index < -0.39 is 5.97 Å². The largest absolute Gasteiger partial charge is 0.478 e. The number of carbonyl (C=O) groups excluding carboxylic acids is 1. The summed E-state index contributed by atoms with van der Waals surface area (Å²) in [5.74, 6) is -1.17. The second-order valence-corrected chi connectivity index (χ2v) is 2.95. The van der Waals surface area contributed by atoms with E-state index in [4.69, 9.17) is 10.4 Å². The van der Waals surface area contributed by atoms with Crippen LogP contribution in [0.4, 0.5) is 0 Å². The van der Waals surface area contributed by atoms with Crippen molar-refractivity contribution in [1.29, 1.82) is 5.26 Å². The van der Waals surface area contributed by atoms with Crippen molar-refractivity contribution in [3.8, 4) is 6.07 Å². The maximum Gasteiger partial charge on any atom is 0.337 e. The number of aryl methyl sites for hydroxylation is 1. The van der Waals surface area contributed by atoms with E-state index in [9.17, 15) is 9.59 Å². The smallest absolute Gasteiger partial charge is 0.337 e. The van der Waals surface area contributed by atoms with Crippen molar-refractivity contribution in [1.82, 2.24) is 0 Å². The van der Waals surface area contributed by atoms with E-state index in [-0.39, 0.29) is 16.7 Å². The lowest BCUT2D eigenvalue weighted by molar-refractivity contribution is 0.0695. The topological polar surface area (TPSA) is 78.2 Å². The van der Waals surface area contributed by atoms with Crippen molar-refractivity contribution in [2.75, 3.05) is 0 Å². The fourth-order valence-electron chi connectivity index (χ4n) is 1.42. The van der Waals surface area contributed by atoms with Gasteiger partial charge in [-0.3, -0.25) is 4.79 Å². The fraction of sp³-hybridized carbons (Fsp3) is 0.182. The van der Waals surface area contributed by atoms with Gasteiger partial charge in [-0.15, -0.1) is 0 Å². The van der Waals surface area contributed by atoms with Crippen LogP contribution in [-0.4, -0.2) is 17.4 Å². The Morgan fingerprint density at radius 1 is 1.60 bits per heavy atom. The van der Waals surface area contributed by atoms with Crippen LogP contribution in [0.25, 0.3) is 0 Å². The third-order valence-electron chi connectivity index (χ3n) is 2.16. The Morgan fingerprint density at radius 2 is 2.27 bits per heavy atom. The summed E-state index contributed by atoms with van der Waals surface area (Å²) in [4.78, 5) is 21.6. The Hall–Kier alpha value is -2.15. The second kappa shape index (κ2) is 4.38. The summed E-state index contributed by atoms with van der Waals surface area (Å²) in [7, 11) is 0. The normalized spacial score (nSPS) is 9.33. The molecule has 0 fully saturated rings. The summed E-state index contributed by atoms with van der Waals surface area (Å²) in [5.41, 5.74) is 0.554. The van der Waals surface area contributed by atoms with Crippen LogP contribution in [0.2, 0.25) is 0 Å². The van der Waals surface area contributed by atoms with Crippen molar-refractivity contribution in [2.24, 2.45) is 0 Å². The van der Waals surface area contributed by atoms with Gasteiger partial charge in [0.15, 0.2) is 6.29 Å². The predicted molar refractivity (Wildman–Crippen MR) is 52.9 cm³/mol. The molecule has 0 aliphatic heterocycles. The van der Waals surface area contributed by atoms with E-state index >= 15 is 0 Å². The molecule has 76 valence electrons. The van der Waals surface area contributed by atoms with Crippen LogP contribution >= 0.6 is 0 Å². The van der Waals surface area contributed by atoms with E-state index in [0.29, 0.717) is 18.3 Å². The zero-order valence-electron chi connectivity index (χ0n) is 8.15. The van der Waals surface area contributed by atoms with Crippen molar-refractivity contribution in [3.63, 3.8) is 0 Å². The van der Waals surface area contributed by atoms with Gasteiger partial charge in [0.25, 0.3) is 0 Å². The average Bonchev–Trinajstić information content (AvgIpc) is 2.26. The number of nitrogens with zero attached hydrogens (tertiary/aromatic N) is 1. The molecule has 15 heavy (non-hydrogen) atoms. The zero-order chi connectivity index (χ0) is 11.4.